The molecule has 0 bridgehead atoms. The van der Waals surface area contributed by atoms with Crippen LogP contribution in [0.2, 0.25) is 0 Å². The molecule has 0 aliphatic heterocycles. The summed E-state index contributed by atoms with van der Waals surface area (Å²) in [6.45, 7) is 9.11. The standard InChI is InChI=1S/C15H23NO3/c1-10-7-6-8-12(9-10)13(17)11(2)16-14(18)19-15(3,4)5/h6-9,11,13,17H,1-5H3,(H,16,18)/t11?,13-/m0/s1. The van der Waals surface area contributed by atoms with Gasteiger partial charge in [-0.2, -0.15) is 0 Å². The van der Waals surface area contributed by atoms with Crippen LogP contribution in [-0.4, -0.2) is 22.8 Å². The topological polar surface area (TPSA) is 58.6 Å². The van der Waals surface area contributed by atoms with Gasteiger partial charge in [-0.1, -0.05) is 29.8 Å². The Hall–Kier alpha value is -1.55. The van der Waals surface area contributed by atoms with Crippen LogP contribution >= 0.6 is 0 Å². The van der Waals surface area contributed by atoms with Gasteiger partial charge in [0, 0.05) is 0 Å². The monoisotopic (exact) mass is 265 g/mol. The summed E-state index contributed by atoms with van der Waals surface area (Å²) < 4.78 is 5.16. The summed E-state index contributed by atoms with van der Waals surface area (Å²) in [7, 11) is 0. The van der Waals surface area contributed by atoms with Crippen LogP contribution < -0.4 is 5.32 Å². The predicted octanol–water partition coefficient (Wildman–Crippen LogP) is 2.94. The first-order valence-corrected chi connectivity index (χ1v) is 6.43. The summed E-state index contributed by atoms with van der Waals surface area (Å²) in [5.74, 6) is 0. The fraction of sp³-hybridized carbons (Fsp3) is 0.533. The Kier molecular flexibility index (Phi) is 4.95. The first kappa shape index (κ1) is 15.5. The van der Waals surface area contributed by atoms with Gasteiger partial charge in [-0.3, -0.25) is 0 Å². The number of hydrogen-bond acceptors (Lipinski definition) is 3. The number of carbonyl (C=O) groups excluding carboxylic acids is 1. The molecule has 2 atom stereocenters. The number of aliphatic hydroxyl groups excluding tert-OH is 1. The number of aryl methyl sites for hydroxylation is 1. The Morgan fingerprint density at radius 3 is 2.53 bits per heavy atom. The summed E-state index contributed by atoms with van der Waals surface area (Å²) in [6.07, 6.45) is -1.28. The fourth-order valence-electron chi connectivity index (χ4n) is 1.72. The van der Waals surface area contributed by atoms with Gasteiger partial charge in [-0.05, 0) is 40.2 Å². The van der Waals surface area contributed by atoms with E-state index >= 15 is 0 Å². The third kappa shape index (κ3) is 5.30. The number of aliphatic hydroxyl groups is 1. The quantitative estimate of drug-likeness (QED) is 0.883. The summed E-state index contributed by atoms with van der Waals surface area (Å²) in [5, 5.41) is 12.8. The third-order valence-electron chi connectivity index (χ3n) is 2.60. The molecule has 106 valence electrons. The summed E-state index contributed by atoms with van der Waals surface area (Å²) in [5.41, 5.74) is 1.31. The van der Waals surface area contributed by atoms with Crippen molar-refractivity contribution < 1.29 is 14.6 Å². The third-order valence-corrected chi connectivity index (χ3v) is 2.60. The van der Waals surface area contributed by atoms with Crippen LogP contribution in [0.25, 0.3) is 0 Å². The molecule has 0 aliphatic rings. The molecule has 0 spiro atoms. The van der Waals surface area contributed by atoms with Crippen molar-refractivity contribution in [1.29, 1.82) is 0 Å². The second-order valence-electron chi connectivity index (χ2n) is 5.79. The molecular formula is C15H23NO3. The second kappa shape index (κ2) is 6.06. The fourth-order valence-corrected chi connectivity index (χ4v) is 1.72. The van der Waals surface area contributed by atoms with Crippen molar-refractivity contribution in [2.24, 2.45) is 0 Å². The van der Waals surface area contributed by atoms with Gasteiger partial charge in [0.1, 0.15) is 5.60 Å². The lowest BCUT2D eigenvalue weighted by Gasteiger charge is -2.24. The van der Waals surface area contributed by atoms with E-state index in [2.05, 4.69) is 5.32 Å². The minimum absolute atomic E-state index is 0.420. The number of alkyl carbamates (subject to hydrolysis) is 1. The highest BCUT2D eigenvalue weighted by molar-refractivity contribution is 5.68. The first-order valence-electron chi connectivity index (χ1n) is 6.43. The Balaban J connectivity index is 2.63. The molecule has 1 unspecified atom stereocenters. The van der Waals surface area contributed by atoms with E-state index in [0.717, 1.165) is 11.1 Å². The van der Waals surface area contributed by atoms with E-state index in [1.165, 1.54) is 0 Å². The molecule has 4 heteroatoms. The van der Waals surface area contributed by atoms with Gasteiger partial charge in [-0.25, -0.2) is 4.79 Å². The summed E-state index contributed by atoms with van der Waals surface area (Å²) in [4.78, 5) is 11.6. The van der Waals surface area contributed by atoms with E-state index in [0.29, 0.717) is 0 Å². The Bertz CT molecular complexity index is 437. The summed E-state index contributed by atoms with van der Waals surface area (Å²) >= 11 is 0. The van der Waals surface area contributed by atoms with Gasteiger partial charge in [0.25, 0.3) is 0 Å². The molecule has 0 saturated carbocycles. The highest BCUT2D eigenvalue weighted by atomic mass is 16.6. The molecule has 1 amide bonds. The minimum Gasteiger partial charge on any atom is -0.444 e. The van der Waals surface area contributed by atoms with Crippen LogP contribution in [0.1, 0.15) is 44.9 Å². The van der Waals surface area contributed by atoms with Crippen LogP contribution in [0.3, 0.4) is 0 Å². The van der Waals surface area contributed by atoms with Crippen LogP contribution in [-0.2, 0) is 4.74 Å². The van der Waals surface area contributed by atoms with Crippen molar-refractivity contribution in [2.45, 2.75) is 52.4 Å². The normalized spacial score (nSPS) is 14.6. The van der Waals surface area contributed by atoms with Gasteiger partial charge in [0.05, 0.1) is 12.1 Å². The molecule has 0 saturated heterocycles. The van der Waals surface area contributed by atoms with Crippen LogP contribution in [0.5, 0.6) is 0 Å². The Morgan fingerprint density at radius 1 is 1.37 bits per heavy atom. The SMILES string of the molecule is Cc1cccc([C@@H](O)C(C)NC(=O)OC(C)(C)C)c1. The molecule has 0 aliphatic carbocycles. The van der Waals surface area contributed by atoms with Crippen LogP contribution in [0, 0.1) is 6.92 Å². The molecule has 0 radical (unpaired) electrons. The number of amides is 1. The van der Waals surface area contributed by atoms with Gasteiger partial charge >= 0.3 is 6.09 Å². The first-order chi connectivity index (χ1) is 8.69. The maximum atomic E-state index is 11.6. The summed E-state index contributed by atoms with van der Waals surface area (Å²) in [6, 6.07) is 7.16. The lowest BCUT2D eigenvalue weighted by Crippen LogP contribution is -2.40. The van der Waals surface area contributed by atoms with Crippen molar-refractivity contribution in [3.05, 3.63) is 35.4 Å². The van der Waals surface area contributed by atoms with Crippen molar-refractivity contribution in [3.63, 3.8) is 0 Å². The highest BCUT2D eigenvalue weighted by Gasteiger charge is 2.22. The minimum atomic E-state index is -0.757. The average Bonchev–Trinajstić information content (AvgIpc) is 2.25. The van der Waals surface area contributed by atoms with E-state index in [9.17, 15) is 9.90 Å². The molecule has 19 heavy (non-hydrogen) atoms. The lowest BCUT2D eigenvalue weighted by atomic mass is 10.0. The van der Waals surface area contributed by atoms with Crippen molar-refractivity contribution in [1.82, 2.24) is 5.32 Å². The molecule has 0 heterocycles. The van der Waals surface area contributed by atoms with E-state index < -0.39 is 23.8 Å². The van der Waals surface area contributed by atoms with E-state index in [1.807, 2.05) is 31.2 Å². The average molecular weight is 265 g/mol. The van der Waals surface area contributed by atoms with E-state index in [1.54, 1.807) is 27.7 Å². The number of hydrogen-bond donors (Lipinski definition) is 2. The van der Waals surface area contributed by atoms with Crippen LogP contribution in [0.15, 0.2) is 24.3 Å². The molecule has 1 aromatic rings. The van der Waals surface area contributed by atoms with Gasteiger partial charge in [0.15, 0.2) is 0 Å². The predicted molar refractivity (Wildman–Crippen MR) is 75.0 cm³/mol. The van der Waals surface area contributed by atoms with E-state index in [-0.39, 0.29) is 0 Å². The van der Waals surface area contributed by atoms with Gasteiger partial charge in [-0.15, -0.1) is 0 Å². The number of benzene rings is 1. The molecule has 4 nitrogen and oxygen atoms in total. The van der Waals surface area contributed by atoms with Gasteiger partial charge in [0.2, 0.25) is 0 Å². The number of ether oxygens (including phenoxy) is 1. The van der Waals surface area contributed by atoms with Crippen molar-refractivity contribution >= 4 is 6.09 Å². The Morgan fingerprint density at radius 2 is 2.00 bits per heavy atom. The van der Waals surface area contributed by atoms with Crippen molar-refractivity contribution in [2.75, 3.05) is 0 Å². The molecular weight excluding hydrogens is 242 g/mol. The van der Waals surface area contributed by atoms with Crippen LogP contribution in [0.4, 0.5) is 4.79 Å². The maximum absolute atomic E-state index is 11.6. The maximum Gasteiger partial charge on any atom is 0.407 e. The molecule has 1 rings (SSSR count). The number of rotatable bonds is 3. The highest BCUT2D eigenvalue weighted by Crippen LogP contribution is 2.18. The zero-order valence-corrected chi connectivity index (χ0v) is 12.2. The van der Waals surface area contributed by atoms with Crippen molar-refractivity contribution in [3.8, 4) is 0 Å². The second-order valence-corrected chi connectivity index (χ2v) is 5.79. The smallest absolute Gasteiger partial charge is 0.407 e. The largest absolute Gasteiger partial charge is 0.444 e. The van der Waals surface area contributed by atoms with E-state index in [4.69, 9.17) is 4.74 Å². The molecule has 0 aromatic heterocycles. The molecule has 0 fully saturated rings. The lowest BCUT2D eigenvalue weighted by molar-refractivity contribution is 0.0436. The van der Waals surface area contributed by atoms with Gasteiger partial charge < -0.3 is 15.2 Å². The number of carbonyl (C=O) groups is 1. The molecule has 2 N–H and O–H groups in total. The zero-order valence-electron chi connectivity index (χ0n) is 12.2. The molecule has 1 aromatic carbocycles. The zero-order chi connectivity index (χ0) is 14.6. The number of nitrogens with one attached hydrogen (secondary N) is 1. The Labute approximate surface area is 114 Å².